The van der Waals surface area contributed by atoms with Gasteiger partial charge < -0.3 is 19.3 Å². The number of hydrogen-bond acceptors (Lipinski definition) is 8. The van der Waals surface area contributed by atoms with Gasteiger partial charge in [0.05, 0.1) is 14.2 Å². The molecule has 0 saturated carbocycles. The molecule has 0 aromatic heterocycles. The van der Waals surface area contributed by atoms with Crippen LogP contribution < -0.4 is 4.74 Å². The molecule has 326 valence electrons. The number of ether oxygens (including phenoxy) is 3. The first-order valence-electron chi connectivity index (χ1n) is 17.8. The standard InChI is InChI=1S/C19H21FNO3P.C12H16NO3P.C8H9F.CH3I.I2.3HI.V/c1-23-19(22)18-11-10-17(21(18)25)13-6-8-15(9-7-13)24-12-14-4-2-3-5-16(14)20;1-16-12(15)11-7-6-10(13(11)17)8-2-4-9(14)5-3-8;1-2-7-5-3-4-6-8(7)9;2*1-2;;;;/h2-9,17-18H,10-12,25H2,1H3;2-5,10-11,14H,6-7,17H2,1H3;3-6H,2H2,1H3;1H3;;3*1H;/q;;;;;;;;+3/p-3/t17-,18+;10-,11+;;;;;;;/m11......./s1. The van der Waals surface area contributed by atoms with Crippen molar-refractivity contribution in [2.45, 2.75) is 69.8 Å². The van der Waals surface area contributed by atoms with Crippen molar-refractivity contribution in [3.63, 3.8) is 0 Å². The number of carbonyl (C=O) groups excluding carboxylic acids is 2. The topological polar surface area (TPSA) is 88.5 Å². The van der Waals surface area contributed by atoms with E-state index in [4.69, 9.17) is 14.2 Å². The van der Waals surface area contributed by atoms with Gasteiger partial charge in [-0.3, -0.25) is 18.9 Å². The molecule has 0 radical (unpaired) electrons. The Bertz CT molecular complexity index is 1790. The van der Waals surface area contributed by atoms with E-state index in [1.54, 1.807) is 42.5 Å². The molecule has 2 fully saturated rings. The van der Waals surface area contributed by atoms with Gasteiger partial charge in [-0.2, -0.15) is 0 Å². The molecule has 2 aliphatic rings. The van der Waals surface area contributed by atoms with Gasteiger partial charge in [0.1, 0.15) is 41.8 Å². The fraction of sp³-hybridized carbons (Fsp3) is 0.350. The number of aromatic hydroxyl groups is 1. The van der Waals surface area contributed by atoms with E-state index in [-0.39, 0.29) is 65.0 Å². The molecule has 6 atom stereocenters. The Morgan fingerprint density at radius 2 is 1.07 bits per heavy atom. The molecule has 4 aromatic rings. The van der Waals surface area contributed by atoms with Crippen LogP contribution in [0.15, 0.2) is 97.1 Å². The summed E-state index contributed by atoms with van der Waals surface area (Å²) in [5, 5.41) is 9.25. The van der Waals surface area contributed by atoms with Crippen molar-refractivity contribution in [1.82, 2.24) is 9.34 Å². The predicted octanol–water partition coefficient (Wildman–Crippen LogP) is 13.6. The van der Waals surface area contributed by atoms with Crippen molar-refractivity contribution in [3.05, 3.63) is 131 Å². The predicted molar refractivity (Wildman–Crippen MR) is 290 cm³/mol. The molecule has 2 saturated heterocycles. The summed E-state index contributed by atoms with van der Waals surface area (Å²) in [7, 11) is 8.06. The number of phenolic OH excluding ortho intramolecular Hbond substituents is 1. The molecule has 0 aliphatic carbocycles. The van der Waals surface area contributed by atoms with Crippen LogP contribution in [-0.2, 0) is 37.0 Å². The number of rotatable bonds is 8. The maximum absolute atomic E-state index is 13.6. The van der Waals surface area contributed by atoms with Crippen molar-refractivity contribution < 1.29 is 42.6 Å². The summed E-state index contributed by atoms with van der Waals surface area (Å²) in [6, 6.07) is 28.2. The minimum atomic E-state index is -0.278. The number of aryl methyl sites for hydroxylation is 1. The third-order valence-corrected chi connectivity index (χ3v) is 10.5. The number of phenols is 1. The van der Waals surface area contributed by atoms with Gasteiger partial charge in [-0.1, -0.05) is 109 Å². The molecule has 2 unspecified atom stereocenters. The Balaban J connectivity index is 0.000000440. The van der Waals surface area contributed by atoms with E-state index in [0.29, 0.717) is 11.3 Å². The summed E-state index contributed by atoms with van der Waals surface area (Å²) in [5.41, 5.74) is 3.53. The Morgan fingerprint density at radius 1 is 0.695 bits per heavy atom. The van der Waals surface area contributed by atoms with E-state index in [1.807, 2.05) is 63.7 Å². The quantitative estimate of drug-likeness (QED) is 0.0808. The summed E-state index contributed by atoms with van der Waals surface area (Å²) in [4.78, 5) is 25.0. The summed E-state index contributed by atoms with van der Waals surface area (Å²) in [5.74, 6) is 0.178. The van der Waals surface area contributed by atoms with E-state index < -0.39 is 0 Å². The first-order valence-corrected chi connectivity index (χ1v) is 40.8. The van der Waals surface area contributed by atoms with Gasteiger partial charge in [0.2, 0.25) is 0 Å². The summed E-state index contributed by atoms with van der Waals surface area (Å²) >= 11 is 13.8. The SMILES string of the molecule is CCc1ccccc1F.CI.COC(=O)[C@@H]1CC[C@H](c2ccc(O)cc2)N1P.COC(=O)[C@@H]1CC[C@H](c2ccc(OCc3ccccc3F)cc2)N1P.II.[I][V]([I])[I]. The molecule has 19 heteroatoms. The van der Waals surface area contributed by atoms with E-state index in [2.05, 4.69) is 139 Å². The van der Waals surface area contributed by atoms with Crippen LogP contribution in [0.4, 0.5) is 8.78 Å². The van der Waals surface area contributed by atoms with E-state index in [0.717, 1.165) is 48.8 Å². The molecular formula is C40H49F2I6N2O6P2V. The fourth-order valence-corrected chi connectivity index (χ4v) is 7.32. The first kappa shape index (κ1) is 58.0. The molecule has 0 spiro atoms. The van der Waals surface area contributed by atoms with Gasteiger partial charge in [0, 0.05) is 54.9 Å². The Kier molecular flexibility index (Phi) is 33.0. The third kappa shape index (κ3) is 20.8. The Hall–Kier alpha value is 1.02. The van der Waals surface area contributed by atoms with Crippen LogP contribution in [0.1, 0.15) is 66.9 Å². The minimum absolute atomic E-state index is 0.0972. The number of methoxy groups -OCH3 is 2. The van der Waals surface area contributed by atoms with Gasteiger partial charge in [-0.15, -0.1) is 0 Å². The van der Waals surface area contributed by atoms with Crippen LogP contribution in [0.3, 0.4) is 0 Å². The molecule has 6 rings (SSSR count). The molecule has 0 amide bonds. The number of hydrogen-bond donors (Lipinski definition) is 1. The van der Waals surface area contributed by atoms with Crippen molar-refractivity contribution in [2.24, 2.45) is 0 Å². The monoisotopic (exact) mass is 1570 g/mol. The van der Waals surface area contributed by atoms with Crippen molar-refractivity contribution in [1.29, 1.82) is 0 Å². The van der Waals surface area contributed by atoms with E-state index in [1.165, 1.54) is 26.4 Å². The van der Waals surface area contributed by atoms with Crippen molar-refractivity contribution in [2.75, 3.05) is 19.2 Å². The van der Waals surface area contributed by atoms with Crippen LogP contribution in [0.2, 0.25) is 0 Å². The van der Waals surface area contributed by atoms with Crippen LogP contribution >= 0.6 is 139 Å². The number of nitrogens with zero attached hydrogens (tertiary/aromatic N) is 2. The van der Waals surface area contributed by atoms with Crippen LogP contribution in [-0.4, -0.2) is 57.6 Å². The molecule has 2 heterocycles. The molecule has 59 heavy (non-hydrogen) atoms. The van der Waals surface area contributed by atoms with E-state index in [9.17, 15) is 23.5 Å². The molecule has 8 nitrogen and oxygen atoms in total. The third-order valence-electron chi connectivity index (χ3n) is 9.05. The maximum atomic E-state index is 13.6. The second kappa shape index (κ2) is 33.5. The fourth-order valence-electron chi connectivity index (χ4n) is 6.14. The van der Waals surface area contributed by atoms with Crippen molar-refractivity contribution in [3.8, 4) is 11.5 Å². The first-order chi connectivity index (χ1) is 28.3. The number of alkyl halides is 1. The van der Waals surface area contributed by atoms with E-state index >= 15 is 0 Å². The summed E-state index contributed by atoms with van der Waals surface area (Å²) < 4.78 is 45.4. The average molecular weight is 1570 g/mol. The zero-order valence-corrected chi connectivity index (χ0v) is 49.4. The Morgan fingerprint density at radius 3 is 1.42 bits per heavy atom. The molecular weight excluding hydrogens is 1520 g/mol. The molecule has 4 aromatic carbocycles. The number of benzene rings is 4. The van der Waals surface area contributed by atoms with Gasteiger partial charge in [-0.25, -0.2) is 8.78 Å². The molecule has 1 N–H and O–H groups in total. The zero-order chi connectivity index (χ0) is 44.5. The number of carbonyl (C=O) groups is 2. The van der Waals surface area contributed by atoms with Crippen LogP contribution in [0, 0.1) is 11.6 Å². The normalized spacial score (nSPS) is 18.1. The number of halogens is 8. The van der Waals surface area contributed by atoms with Gasteiger partial charge in [-0.05, 0) is 90.1 Å². The Labute approximate surface area is 427 Å². The number of esters is 2. The van der Waals surface area contributed by atoms with Gasteiger partial charge >= 0.3 is 76.8 Å². The second-order valence-corrected chi connectivity index (χ2v) is 48.9. The molecule has 0 bridgehead atoms. The second-order valence-electron chi connectivity index (χ2n) is 12.3. The summed E-state index contributed by atoms with van der Waals surface area (Å²) in [6.07, 6.45) is 4.13. The average Bonchev–Trinajstić information content (AvgIpc) is 3.84. The van der Waals surface area contributed by atoms with Crippen molar-refractivity contribution >= 4 is 150 Å². The van der Waals surface area contributed by atoms with Gasteiger partial charge in [0.25, 0.3) is 0 Å². The summed E-state index contributed by atoms with van der Waals surface area (Å²) in [6.45, 7) is 2.13. The van der Waals surface area contributed by atoms with Crippen LogP contribution in [0.5, 0.6) is 11.5 Å². The zero-order valence-electron chi connectivity index (χ0n) is 32.8. The van der Waals surface area contributed by atoms with Gasteiger partial charge in [0.15, 0.2) is 0 Å². The molecule has 2 aliphatic heterocycles. The van der Waals surface area contributed by atoms with Crippen LogP contribution in [0.25, 0.3) is 0 Å².